The molecular formula is C27H21FN4O7. The number of carboxylic acid groups (broad SMARTS) is 1. The van der Waals surface area contributed by atoms with Gasteiger partial charge in [0, 0.05) is 12.7 Å². The van der Waals surface area contributed by atoms with Gasteiger partial charge < -0.3 is 24.1 Å². The molecule has 2 amide bonds. The maximum absolute atomic E-state index is 15.7. The highest BCUT2D eigenvalue weighted by Crippen LogP contribution is 2.44. The number of halogens is 1. The van der Waals surface area contributed by atoms with Crippen LogP contribution in [0.2, 0.25) is 0 Å². The molecule has 198 valence electrons. The summed E-state index contributed by atoms with van der Waals surface area (Å²) in [6.45, 7) is 2.46. The van der Waals surface area contributed by atoms with Gasteiger partial charge in [0.15, 0.2) is 17.7 Å². The van der Waals surface area contributed by atoms with Crippen molar-refractivity contribution >= 4 is 40.1 Å². The second-order valence-electron chi connectivity index (χ2n) is 10.2. The van der Waals surface area contributed by atoms with Crippen LogP contribution in [-0.4, -0.2) is 70.4 Å². The maximum atomic E-state index is 15.7. The average Bonchev–Trinajstić information content (AvgIpc) is 3.56. The molecule has 5 heterocycles. The monoisotopic (exact) mass is 532 g/mol. The van der Waals surface area contributed by atoms with Crippen LogP contribution in [0.3, 0.4) is 0 Å². The molecule has 0 saturated carbocycles. The highest BCUT2D eigenvalue weighted by atomic mass is 19.1. The van der Waals surface area contributed by atoms with Crippen molar-refractivity contribution in [3.63, 3.8) is 0 Å². The van der Waals surface area contributed by atoms with Crippen LogP contribution in [0.5, 0.6) is 5.75 Å². The third-order valence-corrected chi connectivity index (χ3v) is 7.89. The summed E-state index contributed by atoms with van der Waals surface area (Å²) in [7, 11) is 0. The zero-order valence-corrected chi connectivity index (χ0v) is 20.6. The van der Waals surface area contributed by atoms with Crippen molar-refractivity contribution in [1.82, 2.24) is 9.47 Å². The lowest BCUT2D eigenvalue weighted by atomic mass is 10.0. The highest BCUT2D eigenvalue weighted by molar-refractivity contribution is 6.22. The van der Waals surface area contributed by atoms with Gasteiger partial charge in [0.05, 0.1) is 52.8 Å². The van der Waals surface area contributed by atoms with E-state index in [4.69, 9.17) is 9.57 Å². The zero-order chi connectivity index (χ0) is 27.2. The first-order chi connectivity index (χ1) is 18.7. The molecule has 12 heteroatoms. The molecule has 7 rings (SSSR count). The number of pyridine rings is 1. The van der Waals surface area contributed by atoms with E-state index in [9.17, 15) is 24.3 Å². The first kappa shape index (κ1) is 23.4. The lowest BCUT2D eigenvalue weighted by Crippen LogP contribution is -2.38. The van der Waals surface area contributed by atoms with Gasteiger partial charge in [-0.05, 0) is 25.1 Å². The second kappa shape index (κ2) is 8.13. The number of carboxylic acids is 1. The van der Waals surface area contributed by atoms with E-state index in [1.54, 1.807) is 33.7 Å². The number of anilines is 1. The molecule has 3 aromatic rings. The van der Waals surface area contributed by atoms with Crippen molar-refractivity contribution in [1.29, 1.82) is 0 Å². The van der Waals surface area contributed by atoms with Crippen LogP contribution in [0.15, 0.2) is 46.5 Å². The van der Waals surface area contributed by atoms with Crippen LogP contribution in [-0.2, 0) is 4.84 Å². The molecule has 2 aromatic carbocycles. The molecule has 0 radical (unpaired) electrons. The van der Waals surface area contributed by atoms with Crippen LogP contribution in [0.1, 0.15) is 44.0 Å². The Hall–Kier alpha value is -4.74. The lowest BCUT2D eigenvalue weighted by Gasteiger charge is -2.31. The molecule has 1 saturated heterocycles. The number of fused-ring (bicyclic) bond motifs is 2. The minimum atomic E-state index is -1.38. The van der Waals surface area contributed by atoms with E-state index in [1.165, 1.54) is 6.20 Å². The molecule has 4 aliphatic rings. The van der Waals surface area contributed by atoms with Gasteiger partial charge in [-0.1, -0.05) is 17.3 Å². The van der Waals surface area contributed by atoms with E-state index < -0.39 is 40.7 Å². The number of oxime groups is 1. The largest absolute Gasteiger partial charge is 0.487 e. The number of hydrogen-bond acceptors (Lipinski definition) is 8. The van der Waals surface area contributed by atoms with Gasteiger partial charge >= 0.3 is 5.97 Å². The Morgan fingerprint density at radius 1 is 1.15 bits per heavy atom. The quantitative estimate of drug-likeness (QED) is 0.507. The number of imide groups is 1. The number of ether oxygens (including phenoxy) is 1. The topological polar surface area (TPSA) is 131 Å². The number of carbonyl (C=O) groups is 3. The number of aromatic nitrogens is 1. The zero-order valence-electron chi connectivity index (χ0n) is 20.6. The molecule has 2 unspecified atom stereocenters. The predicted molar refractivity (Wildman–Crippen MR) is 135 cm³/mol. The van der Waals surface area contributed by atoms with Gasteiger partial charge in [0.1, 0.15) is 17.9 Å². The minimum absolute atomic E-state index is 0.0417. The Kier molecular flexibility index (Phi) is 4.87. The molecule has 0 bridgehead atoms. The molecule has 0 spiro atoms. The third-order valence-electron chi connectivity index (χ3n) is 7.89. The van der Waals surface area contributed by atoms with E-state index in [-0.39, 0.29) is 55.0 Å². The first-order valence-corrected chi connectivity index (χ1v) is 12.4. The van der Waals surface area contributed by atoms with E-state index in [0.29, 0.717) is 22.4 Å². The van der Waals surface area contributed by atoms with Crippen LogP contribution in [0, 0.1) is 11.7 Å². The molecule has 3 atom stereocenters. The van der Waals surface area contributed by atoms with Crippen molar-refractivity contribution in [2.24, 2.45) is 11.1 Å². The summed E-state index contributed by atoms with van der Waals surface area (Å²) < 4.78 is 23.2. The summed E-state index contributed by atoms with van der Waals surface area (Å²) in [6, 6.07) is 7.39. The van der Waals surface area contributed by atoms with Gasteiger partial charge in [-0.2, -0.15) is 0 Å². The van der Waals surface area contributed by atoms with Crippen molar-refractivity contribution < 1.29 is 33.5 Å². The van der Waals surface area contributed by atoms with Crippen LogP contribution in [0.25, 0.3) is 10.9 Å². The summed E-state index contributed by atoms with van der Waals surface area (Å²) >= 11 is 0. The van der Waals surface area contributed by atoms with Crippen molar-refractivity contribution in [2.45, 2.75) is 19.1 Å². The number of nitrogens with zero attached hydrogens (tertiary/aromatic N) is 4. The van der Waals surface area contributed by atoms with Crippen molar-refractivity contribution in [3.05, 3.63) is 69.3 Å². The van der Waals surface area contributed by atoms with E-state index in [2.05, 4.69) is 5.16 Å². The summed E-state index contributed by atoms with van der Waals surface area (Å²) in [4.78, 5) is 58.8. The number of rotatable bonds is 4. The van der Waals surface area contributed by atoms with E-state index >= 15 is 4.39 Å². The second-order valence-corrected chi connectivity index (χ2v) is 10.2. The first-order valence-electron chi connectivity index (χ1n) is 12.4. The fourth-order valence-electron chi connectivity index (χ4n) is 5.94. The fourth-order valence-corrected chi connectivity index (χ4v) is 5.94. The van der Waals surface area contributed by atoms with Gasteiger partial charge in [0.25, 0.3) is 11.8 Å². The minimum Gasteiger partial charge on any atom is -0.487 e. The number of aromatic carboxylic acids is 1. The number of benzene rings is 2. The fraction of sp³-hybridized carbons (Fsp3) is 0.296. The van der Waals surface area contributed by atoms with Crippen LogP contribution >= 0.6 is 0 Å². The predicted octanol–water partition coefficient (Wildman–Crippen LogP) is 2.28. The van der Waals surface area contributed by atoms with E-state index in [1.807, 2.05) is 6.92 Å². The Morgan fingerprint density at radius 3 is 2.56 bits per heavy atom. The van der Waals surface area contributed by atoms with Gasteiger partial charge in [-0.15, -0.1) is 0 Å². The summed E-state index contributed by atoms with van der Waals surface area (Å²) in [5.41, 5.74) is 0.439. The SMILES string of the molecule is C[C@H]1COc2c(N3CC4ON=C(CN5C(=O)c6ccccc6C5=O)C4C3)c(F)cc3c(=O)c(C(=O)O)cn1c23. The van der Waals surface area contributed by atoms with Crippen molar-refractivity contribution in [3.8, 4) is 5.75 Å². The molecule has 0 aliphatic carbocycles. The molecule has 1 aromatic heterocycles. The maximum Gasteiger partial charge on any atom is 0.341 e. The Labute approximate surface area is 219 Å². The molecule has 39 heavy (non-hydrogen) atoms. The van der Waals surface area contributed by atoms with E-state index in [0.717, 1.165) is 11.0 Å². The van der Waals surface area contributed by atoms with Gasteiger partial charge in [0.2, 0.25) is 5.43 Å². The molecular weight excluding hydrogens is 511 g/mol. The molecule has 11 nitrogen and oxygen atoms in total. The normalized spacial score (nSPS) is 23.0. The lowest BCUT2D eigenvalue weighted by molar-refractivity contribution is 0.0669. The molecule has 1 fully saturated rings. The highest BCUT2D eigenvalue weighted by Gasteiger charge is 2.46. The summed E-state index contributed by atoms with van der Waals surface area (Å²) in [5, 5.41) is 13.6. The molecule has 1 N–H and O–H groups in total. The standard InChI is InChI=1S/C27H21FN4O7/c1-12-11-38-24-21-15(23(33)17(27(36)37)8-31(12)21)6-18(28)22(24)30-7-16-19(29-39-20(16)10-30)9-32-25(34)13-4-2-3-5-14(13)26(32)35/h2-6,8,12,16,20H,7,9-11H2,1H3,(H,36,37)/t12-,16?,20?/m0/s1. The number of amides is 2. The van der Waals surface area contributed by atoms with Gasteiger partial charge in [-0.25, -0.2) is 9.18 Å². The van der Waals surface area contributed by atoms with Crippen LogP contribution < -0.4 is 15.1 Å². The third kappa shape index (κ3) is 3.23. The Morgan fingerprint density at radius 2 is 1.87 bits per heavy atom. The smallest absolute Gasteiger partial charge is 0.341 e. The Bertz CT molecular complexity index is 1700. The summed E-state index contributed by atoms with van der Waals surface area (Å²) in [6.07, 6.45) is 0.844. The molecule has 4 aliphatic heterocycles. The number of hydrogen-bond donors (Lipinski definition) is 1. The van der Waals surface area contributed by atoms with Gasteiger partial charge in [-0.3, -0.25) is 19.3 Å². The average molecular weight is 532 g/mol. The number of carbonyl (C=O) groups excluding carboxylic acids is 2. The summed E-state index contributed by atoms with van der Waals surface area (Å²) in [5.74, 6) is -3.06. The van der Waals surface area contributed by atoms with Crippen molar-refractivity contribution in [2.75, 3.05) is 31.1 Å². The van der Waals surface area contributed by atoms with Crippen LogP contribution in [0.4, 0.5) is 10.1 Å². The Balaban J connectivity index is 1.22.